The lowest BCUT2D eigenvalue weighted by Gasteiger charge is -2.42. The summed E-state index contributed by atoms with van der Waals surface area (Å²) in [5.41, 5.74) is 0. The van der Waals surface area contributed by atoms with Gasteiger partial charge in [0.15, 0.2) is 0 Å². The van der Waals surface area contributed by atoms with Gasteiger partial charge in [0.2, 0.25) is 0 Å². The summed E-state index contributed by atoms with van der Waals surface area (Å²) >= 11 is 0. The highest BCUT2D eigenvalue weighted by Crippen LogP contribution is 2.20. The summed E-state index contributed by atoms with van der Waals surface area (Å²) in [5, 5.41) is 28.1. The quantitative estimate of drug-likeness (QED) is 0.531. The maximum atomic E-state index is 9.61. The van der Waals surface area contributed by atoms with Gasteiger partial charge in [0, 0.05) is 12.6 Å². The summed E-state index contributed by atoms with van der Waals surface area (Å²) in [5.74, 6) is 0. The number of aliphatic hydroxyl groups is 3. The molecule has 0 aromatic carbocycles. The molecule has 0 amide bonds. The molecule has 0 aromatic heterocycles. The fourth-order valence-corrected chi connectivity index (χ4v) is 1.92. The minimum atomic E-state index is -0.818. The minimum absolute atomic E-state index is 0.101. The van der Waals surface area contributed by atoms with Gasteiger partial charge in [-0.2, -0.15) is 0 Å². The number of aliphatic hydroxyl groups excluding tert-OH is 3. The molecule has 1 heterocycles. The molecule has 1 fully saturated rings. The lowest BCUT2D eigenvalue weighted by atomic mass is 9.95. The van der Waals surface area contributed by atoms with E-state index >= 15 is 0 Å². The van der Waals surface area contributed by atoms with Crippen molar-refractivity contribution in [1.29, 1.82) is 0 Å². The van der Waals surface area contributed by atoms with E-state index in [0.717, 1.165) is 6.54 Å². The summed E-state index contributed by atoms with van der Waals surface area (Å²) in [4.78, 5) is 2.03. The highest BCUT2D eigenvalue weighted by Gasteiger charge is 2.36. The summed E-state index contributed by atoms with van der Waals surface area (Å²) in [6.45, 7) is 4.68. The minimum Gasteiger partial charge on any atom is -0.395 e. The van der Waals surface area contributed by atoms with Crippen LogP contribution < -0.4 is 0 Å². The van der Waals surface area contributed by atoms with Crippen LogP contribution in [0.25, 0.3) is 0 Å². The lowest BCUT2D eigenvalue weighted by molar-refractivity contribution is -0.0979. The molecule has 13 heavy (non-hydrogen) atoms. The van der Waals surface area contributed by atoms with Crippen molar-refractivity contribution in [2.45, 2.75) is 44.6 Å². The maximum absolute atomic E-state index is 9.61. The average Bonchev–Trinajstić information content (AvgIpc) is 2.09. The molecule has 0 aromatic rings. The molecule has 0 bridgehead atoms. The van der Waals surface area contributed by atoms with E-state index < -0.39 is 12.2 Å². The van der Waals surface area contributed by atoms with E-state index in [9.17, 15) is 10.2 Å². The Kier molecular flexibility index (Phi) is 3.67. The number of likely N-dealkylation sites (tertiary alicyclic amines) is 1. The summed E-state index contributed by atoms with van der Waals surface area (Å²) in [6, 6.07) is -0.0250. The van der Waals surface area contributed by atoms with Gasteiger partial charge in [-0.3, -0.25) is 4.90 Å². The average molecular weight is 189 g/mol. The molecular formula is C9H19NO3. The van der Waals surface area contributed by atoms with Crippen molar-refractivity contribution in [2.24, 2.45) is 0 Å². The summed E-state index contributed by atoms with van der Waals surface area (Å²) in [6.07, 6.45) is -0.927. The summed E-state index contributed by atoms with van der Waals surface area (Å²) in [7, 11) is 0. The van der Waals surface area contributed by atoms with Gasteiger partial charge in [0.1, 0.15) is 0 Å². The third-order valence-corrected chi connectivity index (χ3v) is 2.75. The molecule has 0 aliphatic carbocycles. The zero-order valence-electron chi connectivity index (χ0n) is 8.22. The Morgan fingerprint density at radius 1 is 1.38 bits per heavy atom. The fourth-order valence-electron chi connectivity index (χ4n) is 1.92. The predicted octanol–water partition coefficient (Wildman–Crippen LogP) is -0.817. The molecule has 1 aliphatic rings. The van der Waals surface area contributed by atoms with E-state index in [4.69, 9.17) is 5.11 Å². The number of piperidine rings is 1. The van der Waals surface area contributed by atoms with Gasteiger partial charge in [-0.05, 0) is 20.3 Å². The first-order valence-electron chi connectivity index (χ1n) is 4.80. The molecule has 0 radical (unpaired) electrons. The molecule has 4 heteroatoms. The van der Waals surface area contributed by atoms with Crippen LogP contribution in [-0.2, 0) is 0 Å². The van der Waals surface area contributed by atoms with Gasteiger partial charge >= 0.3 is 0 Å². The Morgan fingerprint density at radius 3 is 2.46 bits per heavy atom. The predicted molar refractivity (Wildman–Crippen MR) is 49.3 cm³/mol. The van der Waals surface area contributed by atoms with Crippen LogP contribution in [-0.4, -0.2) is 57.7 Å². The molecule has 0 saturated carbocycles. The largest absolute Gasteiger partial charge is 0.395 e. The van der Waals surface area contributed by atoms with Gasteiger partial charge < -0.3 is 15.3 Å². The molecule has 78 valence electrons. The Morgan fingerprint density at radius 2 is 2.00 bits per heavy atom. The maximum Gasteiger partial charge on any atom is 0.0976 e. The molecule has 1 aliphatic heterocycles. The molecule has 3 atom stereocenters. The van der Waals surface area contributed by atoms with Gasteiger partial charge in [0.25, 0.3) is 0 Å². The Hall–Kier alpha value is -0.160. The van der Waals surface area contributed by atoms with Crippen LogP contribution in [0.5, 0.6) is 0 Å². The number of rotatable bonds is 2. The van der Waals surface area contributed by atoms with Crippen molar-refractivity contribution >= 4 is 0 Å². The fraction of sp³-hybridized carbons (Fsp3) is 1.00. The van der Waals surface area contributed by atoms with Crippen LogP contribution in [0.1, 0.15) is 20.3 Å². The standard InChI is InChI=1S/C9H19NO3/c1-6(2)10-4-3-8(12)9(13)7(10)5-11/h6-9,11-13H,3-5H2,1-2H3/t7-,8-,9+/m1/s1. The first kappa shape index (κ1) is 10.9. The molecule has 4 nitrogen and oxygen atoms in total. The van der Waals surface area contributed by atoms with Gasteiger partial charge in [-0.15, -0.1) is 0 Å². The molecular weight excluding hydrogens is 170 g/mol. The van der Waals surface area contributed by atoms with Crippen LogP contribution in [0.3, 0.4) is 0 Å². The first-order chi connectivity index (χ1) is 6.07. The van der Waals surface area contributed by atoms with E-state index in [-0.39, 0.29) is 12.6 Å². The molecule has 1 rings (SSSR count). The zero-order chi connectivity index (χ0) is 10.0. The monoisotopic (exact) mass is 189 g/mol. The van der Waals surface area contributed by atoms with Crippen molar-refractivity contribution in [2.75, 3.05) is 13.2 Å². The van der Waals surface area contributed by atoms with E-state index in [1.54, 1.807) is 0 Å². The van der Waals surface area contributed by atoms with Crippen LogP contribution in [0, 0.1) is 0 Å². The van der Waals surface area contributed by atoms with Crippen LogP contribution in [0.15, 0.2) is 0 Å². The van der Waals surface area contributed by atoms with E-state index in [1.807, 2.05) is 18.7 Å². The highest BCUT2D eigenvalue weighted by molar-refractivity contribution is 4.90. The number of hydrogen-bond acceptors (Lipinski definition) is 4. The van der Waals surface area contributed by atoms with Crippen LogP contribution >= 0.6 is 0 Å². The Balaban J connectivity index is 2.66. The molecule has 1 saturated heterocycles. The molecule has 0 spiro atoms. The molecule has 0 unspecified atom stereocenters. The van der Waals surface area contributed by atoms with Crippen molar-refractivity contribution < 1.29 is 15.3 Å². The van der Waals surface area contributed by atoms with Gasteiger partial charge in [-0.1, -0.05) is 0 Å². The van der Waals surface area contributed by atoms with Crippen LogP contribution in [0.2, 0.25) is 0 Å². The number of nitrogens with zero attached hydrogens (tertiary/aromatic N) is 1. The smallest absolute Gasteiger partial charge is 0.0976 e. The molecule has 3 N–H and O–H groups in total. The lowest BCUT2D eigenvalue weighted by Crippen LogP contribution is -2.58. The second kappa shape index (κ2) is 4.37. The second-order valence-electron chi connectivity index (χ2n) is 3.93. The SMILES string of the molecule is CC(C)N1CC[C@@H](O)[C@@H](O)[C@H]1CO. The van der Waals surface area contributed by atoms with Gasteiger partial charge in [-0.25, -0.2) is 0 Å². The van der Waals surface area contributed by atoms with Gasteiger partial charge in [0.05, 0.1) is 24.9 Å². The third-order valence-electron chi connectivity index (χ3n) is 2.75. The Labute approximate surface area is 78.8 Å². The highest BCUT2D eigenvalue weighted by atomic mass is 16.3. The van der Waals surface area contributed by atoms with Crippen molar-refractivity contribution in [3.05, 3.63) is 0 Å². The Bertz CT molecular complexity index is 163. The zero-order valence-corrected chi connectivity index (χ0v) is 8.22. The third kappa shape index (κ3) is 2.20. The van der Waals surface area contributed by atoms with Crippen molar-refractivity contribution in [3.8, 4) is 0 Å². The topological polar surface area (TPSA) is 63.9 Å². The number of hydrogen-bond donors (Lipinski definition) is 3. The van der Waals surface area contributed by atoms with Crippen molar-refractivity contribution in [1.82, 2.24) is 4.90 Å². The van der Waals surface area contributed by atoms with E-state index in [1.165, 1.54) is 0 Å². The normalized spacial score (nSPS) is 36.9. The van der Waals surface area contributed by atoms with E-state index in [2.05, 4.69) is 0 Å². The van der Waals surface area contributed by atoms with Crippen molar-refractivity contribution in [3.63, 3.8) is 0 Å². The van der Waals surface area contributed by atoms with Crippen LogP contribution in [0.4, 0.5) is 0 Å². The summed E-state index contributed by atoms with van der Waals surface area (Å²) < 4.78 is 0. The first-order valence-corrected chi connectivity index (χ1v) is 4.80. The second-order valence-corrected chi connectivity index (χ2v) is 3.93. The van der Waals surface area contributed by atoms with E-state index in [0.29, 0.717) is 12.5 Å².